The van der Waals surface area contributed by atoms with Gasteiger partial charge in [0.25, 0.3) is 11.7 Å². The van der Waals surface area contributed by atoms with Gasteiger partial charge in [-0.2, -0.15) is 13.2 Å². The third-order valence-corrected chi connectivity index (χ3v) is 5.39. The molecule has 1 aliphatic heterocycles. The fourth-order valence-electron chi connectivity index (χ4n) is 3.85. The van der Waals surface area contributed by atoms with Crippen molar-refractivity contribution in [3.05, 3.63) is 83.3 Å². The maximum Gasteiger partial charge on any atom is 0.416 e. The number of ketones is 1. The fourth-order valence-corrected chi connectivity index (χ4v) is 3.85. The molecule has 7 nitrogen and oxygen atoms in total. The van der Waals surface area contributed by atoms with Gasteiger partial charge < -0.3 is 19.0 Å². The Morgan fingerprint density at radius 1 is 0.971 bits per heavy atom. The largest absolute Gasteiger partial charge is 0.506 e. The second-order valence-electron chi connectivity index (χ2n) is 7.27. The molecule has 1 amide bonds. The first kappa shape index (κ1) is 23.0. The highest BCUT2D eigenvalue weighted by Gasteiger charge is 2.49. The minimum absolute atomic E-state index is 0.0162. The van der Waals surface area contributed by atoms with Gasteiger partial charge in [-0.1, -0.05) is 6.07 Å². The predicted octanol–water partition coefficient (Wildman–Crippen LogP) is 4.94. The maximum absolute atomic E-state index is 13.1. The zero-order valence-electron chi connectivity index (χ0n) is 17.9. The minimum atomic E-state index is -4.58. The lowest BCUT2D eigenvalue weighted by Gasteiger charge is -2.24. The zero-order chi connectivity index (χ0) is 24.6. The van der Waals surface area contributed by atoms with Crippen molar-refractivity contribution in [1.82, 2.24) is 0 Å². The molecule has 0 spiro atoms. The van der Waals surface area contributed by atoms with Crippen molar-refractivity contribution in [1.29, 1.82) is 0 Å². The van der Waals surface area contributed by atoms with Gasteiger partial charge in [0.1, 0.15) is 34.6 Å². The molecule has 1 aromatic heterocycles. The Morgan fingerprint density at radius 3 is 2.09 bits per heavy atom. The average molecular weight is 473 g/mol. The van der Waals surface area contributed by atoms with E-state index in [0.29, 0.717) is 0 Å². The van der Waals surface area contributed by atoms with Gasteiger partial charge in [-0.3, -0.25) is 14.5 Å². The highest BCUT2D eigenvalue weighted by Crippen LogP contribution is 2.45. The molecule has 1 fully saturated rings. The lowest BCUT2D eigenvalue weighted by molar-refractivity contribution is -0.137. The summed E-state index contributed by atoms with van der Waals surface area (Å²) in [6.07, 6.45) is -3.26. The first-order chi connectivity index (χ1) is 16.2. The summed E-state index contributed by atoms with van der Waals surface area (Å²) < 4.78 is 55.1. The molecule has 2 aromatic carbocycles. The molecule has 1 atom stereocenters. The van der Waals surface area contributed by atoms with Crippen LogP contribution < -0.4 is 14.4 Å². The third-order valence-electron chi connectivity index (χ3n) is 5.39. The van der Waals surface area contributed by atoms with Gasteiger partial charge in [0.05, 0.1) is 31.6 Å². The molecule has 2 heterocycles. The average Bonchev–Trinajstić information content (AvgIpc) is 3.44. The summed E-state index contributed by atoms with van der Waals surface area (Å²) in [6.45, 7) is 0. The van der Waals surface area contributed by atoms with Crippen molar-refractivity contribution < 1.29 is 41.8 Å². The number of benzene rings is 2. The molecule has 3 aromatic rings. The number of aliphatic hydroxyl groups is 1. The van der Waals surface area contributed by atoms with E-state index in [-0.39, 0.29) is 34.1 Å². The molecule has 0 saturated carbocycles. The van der Waals surface area contributed by atoms with E-state index in [2.05, 4.69) is 0 Å². The van der Waals surface area contributed by atoms with Crippen LogP contribution in [0.4, 0.5) is 18.9 Å². The summed E-state index contributed by atoms with van der Waals surface area (Å²) >= 11 is 0. The van der Waals surface area contributed by atoms with Crippen LogP contribution in [0.25, 0.3) is 5.76 Å². The quantitative estimate of drug-likeness (QED) is 0.321. The number of hydrogen-bond donors (Lipinski definition) is 1. The molecule has 10 heteroatoms. The summed E-state index contributed by atoms with van der Waals surface area (Å²) in [5, 5.41) is 11.2. The molecule has 176 valence electrons. The Bertz CT molecular complexity index is 1240. The summed E-state index contributed by atoms with van der Waals surface area (Å²) in [4.78, 5) is 27.2. The van der Waals surface area contributed by atoms with Gasteiger partial charge in [0.2, 0.25) is 0 Å². The van der Waals surface area contributed by atoms with Gasteiger partial charge in [0.15, 0.2) is 0 Å². The van der Waals surface area contributed by atoms with Gasteiger partial charge in [-0.15, -0.1) is 0 Å². The Labute approximate surface area is 191 Å². The molecule has 4 rings (SSSR count). The van der Waals surface area contributed by atoms with Crippen molar-refractivity contribution in [3.63, 3.8) is 0 Å². The number of amides is 1. The van der Waals surface area contributed by atoms with Crippen molar-refractivity contribution in [2.24, 2.45) is 0 Å². The first-order valence-electron chi connectivity index (χ1n) is 9.92. The van der Waals surface area contributed by atoms with Crippen molar-refractivity contribution >= 4 is 23.1 Å². The topological polar surface area (TPSA) is 89.2 Å². The Balaban J connectivity index is 1.93. The van der Waals surface area contributed by atoms with E-state index >= 15 is 0 Å². The van der Waals surface area contributed by atoms with Crippen LogP contribution >= 0.6 is 0 Å². The third kappa shape index (κ3) is 3.76. The number of anilines is 1. The van der Waals surface area contributed by atoms with Crippen LogP contribution in [0.5, 0.6) is 11.5 Å². The molecule has 0 radical (unpaired) electrons. The zero-order valence-corrected chi connectivity index (χ0v) is 17.9. The highest BCUT2D eigenvalue weighted by molar-refractivity contribution is 6.51. The Morgan fingerprint density at radius 2 is 1.59 bits per heavy atom. The predicted molar refractivity (Wildman–Crippen MR) is 114 cm³/mol. The molecule has 1 unspecified atom stereocenters. The molecular formula is C24H18F3NO6. The maximum atomic E-state index is 13.1. The standard InChI is InChI=1S/C24H18F3NO6/c1-32-15-5-3-6-16(33-2)18(15)21(29)19-20(17-7-4-12-34-17)28(23(31)22(19)30)14-10-8-13(9-11-14)24(25,26)27/h3-12,20,29H,1-2H3/b21-19+. The number of rotatable bonds is 5. The molecule has 1 aliphatic rings. The summed E-state index contributed by atoms with van der Waals surface area (Å²) in [5.74, 6) is -2.20. The molecule has 0 bridgehead atoms. The second-order valence-corrected chi connectivity index (χ2v) is 7.27. The van der Waals surface area contributed by atoms with Crippen LogP contribution in [0.15, 0.2) is 70.9 Å². The molecule has 1 N–H and O–H groups in total. The van der Waals surface area contributed by atoms with Crippen molar-refractivity contribution in [2.45, 2.75) is 12.2 Å². The van der Waals surface area contributed by atoms with E-state index in [1.54, 1.807) is 6.07 Å². The molecule has 34 heavy (non-hydrogen) atoms. The van der Waals surface area contributed by atoms with E-state index < -0.39 is 35.2 Å². The number of furan rings is 1. The van der Waals surface area contributed by atoms with Crippen LogP contribution in [0.3, 0.4) is 0 Å². The van der Waals surface area contributed by atoms with Crippen molar-refractivity contribution in [3.8, 4) is 11.5 Å². The monoisotopic (exact) mass is 473 g/mol. The number of ether oxygens (including phenoxy) is 2. The lowest BCUT2D eigenvalue weighted by atomic mass is 9.98. The van der Waals surface area contributed by atoms with Crippen LogP contribution in [0, 0.1) is 0 Å². The SMILES string of the molecule is COc1cccc(OC)c1/C(O)=C1\C(=O)C(=O)N(c2ccc(C(F)(F)F)cc2)C1c1ccco1. The summed E-state index contributed by atoms with van der Waals surface area (Å²) in [5.41, 5.74) is -1.19. The van der Waals surface area contributed by atoms with E-state index in [1.165, 1.54) is 44.7 Å². The molecular weight excluding hydrogens is 455 g/mol. The Kier molecular flexibility index (Phi) is 5.82. The number of halogens is 3. The number of nitrogens with zero attached hydrogens (tertiary/aromatic N) is 1. The molecule has 0 aliphatic carbocycles. The number of alkyl halides is 3. The lowest BCUT2D eigenvalue weighted by Crippen LogP contribution is -2.29. The van der Waals surface area contributed by atoms with Crippen LogP contribution in [-0.4, -0.2) is 31.0 Å². The normalized spacial score (nSPS) is 17.8. The van der Waals surface area contributed by atoms with E-state index in [4.69, 9.17) is 13.9 Å². The minimum Gasteiger partial charge on any atom is -0.506 e. The van der Waals surface area contributed by atoms with Crippen LogP contribution in [0.1, 0.15) is 22.9 Å². The van der Waals surface area contributed by atoms with E-state index in [0.717, 1.165) is 29.2 Å². The summed E-state index contributed by atoms with van der Waals surface area (Å²) in [6, 6.07) is 10.2. The first-order valence-corrected chi connectivity index (χ1v) is 9.92. The number of aliphatic hydroxyl groups excluding tert-OH is 1. The summed E-state index contributed by atoms with van der Waals surface area (Å²) in [7, 11) is 2.72. The molecule has 1 saturated heterocycles. The fraction of sp³-hybridized carbons (Fsp3) is 0.167. The van der Waals surface area contributed by atoms with Gasteiger partial charge in [0, 0.05) is 5.69 Å². The van der Waals surface area contributed by atoms with E-state index in [9.17, 15) is 27.9 Å². The van der Waals surface area contributed by atoms with Crippen LogP contribution in [0.2, 0.25) is 0 Å². The van der Waals surface area contributed by atoms with E-state index in [1.807, 2.05) is 0 Å². The smallest absolute Gasteiger partial charge is 0.416 e. The second kappa shape index (κ2) is 8.62. The van der Waals surface area contributed by atoms with Gasteiger partial charge >= 0.3 is 6.18 Å². The number of carbonyl (C=O) groups is 2. The van der Waals surface area contributed by atoms with Gasteiger partial charge in [-0.05, 0) is 48.5 Å². The van der Waals surface area contributed by atoms with Crippen molar-refractivity contribution in [2.75, 3.05) is 19.1 Å². The number of Topliss-reactive ketones (excluding diaryl/α,β-unsaturated/α-hetero) is 1. The number of methoxy groups -OCH3 is 2. The highest BCUT2D eigenvalue weighted by atomic mass is 19.4. The number of hydrogen-bond acceptors (Lipinski definition) is 6. The Hall–Kier alpha value is -4.21. The number of carbonyl (C=O) groups excluding carboxylic acids is 2. The van der Waals surface area contributed by atoms with Gasteiger partial charge in [-0.25, -0.2) is 0 Å². The van der Waals surface area contributed by atoms with Crippen LogP contribution in [-0.2, 0) is 15.8 Å².